The van der Waals surface area contributed by atoms with Crippen molar-refractivity contribution >= 4 is 5.78 Å². The van der Waals surface area contributed by atoms with Gasteiger partial charge in [-0.05, 0) is 68.1 Å². The minimum Gasteiger partial charge on any atom is -0.387 e. The first-order chi connectivity index (χ1) is 14.9. The largest absolute Gasteiger partial charge is 0.387 e. The Labute approximate surface area is 185 Å². The van der Waals surface area contributed by atoms with Crippen LogP contribution in [0.5, 0.6) is 0 Å². The molecule has 0 aliphatic heterocycles. The fourth-order valence-corrected chi connectivity index (χ4v) is 7.25. The van der Waals surface area contributed by atoms with E-state index in [1.165, 1.54) is 6.20 Å². The zero-order valence-corrected chi connectivity index (χ0v) is 18.7. The summed E-state index contributed by atoms with van der Waals surface area (Å²) < 4.78 is 15.0. The molecule has 1 aromatic heterocycles. The topological polar surface area (TPSA) is 78.9 Å². The van der Waals surface area contributed by atoms with Crippen LogP contribution in [-0.4, -0.2) is 32.9 Å². The second kappa shape index (κ2) is 9.02. The van der Waals surface area contributed by atoms with E-state index >= 15 is 0 Å². The van der Waals surface area contributed by atoms with Crippen molar-refractivity contribution in [2.45, 2.75) is 89.7 Å². The highest BCUT2D eigenvalue weighted by atomic mass is 19.1. The highest BCUT2D eigenvalue weighted by Gasteiger charge is 2.55. The van der Waals surface area contributed by atoms with E-state index in [1.807, 2.05) is 0 Å². The zero-order chi connectivity index (χ0) is 22.1. The van der Waals surface area contributed by atoms with Gasteiger partial charge in [-0.25, -0.2) is 4.39 Å². The molecule has 6 unspecified atom stereocenters. The number of ketones is 1. The molecule has 1 heterocycles. The summed E-state index contributed by atoms with van der Waals surface area (Å²) in [6.07, 6.45) is 13.6. The van der Waals surface area contributed by atoms with Gasteiger partial charge in [-0.15, -0.1) is 0 Å². The molecule has 0 spiro atoms. The molecule has 3 aliphatic rings. The van der Waals surface area contributed by atoms with Crippen LogP contribution in [0.3, 0.4) is 0 Å². The number of Topliss-reactive ketones (excluding diaryl/α,β-unsaturated/α-hetero) is 1. The molecule has 170 valence electrons. The van der Waals surface area contributed by atoms with Crippen molar-refractivity contribution in [2.75, 3.05) is 6.67 Å². The summed E-state index contributed by atoms with van der Waals surface area (Å²) in [5, 5.41) is 23.7. The highest BCUT2D eigenvalue weighted by molar-refractivity contribution is 5.82. The summed E-state index contributed by atoms with van der Waals surface area (Å²) in [5.74, 6) is 2.18. The molecule has 3 aliphatic carbocycles. The lowest BCUT2D eigenvalue weighted by molar-refractivity contribution is -0.129. The van der Waals surface area contributed by atoms with E-state index in [0.717, 1.165) is 57.8 Å². The number of hydrogen-bond donors (Lipinski definition) is 1. The van der Waals surface area contributed by atoms with Gasteiger partial charge in [0, 0.05) is 12.1 Å². The van der Waals surface area contributed by atoms with E-state index in [4.69, 9.17) is 5.26 Å². The van der Waals surface area contributed by atoms with Crippen LogP contribution < -0.4 is 0 Å². The van der Waals surface area contributed by atoms with Gasteiger partial charge in [0.1, 0.15) is 12.7 Å². The highest BCUT2D eigenvalue weighted by Crippen LogP contribution is 2.61. The van der Waals surface area contributed by atoms with Crippen molar-refractivity contribution < 1.29 is 14.3 Å². The van der Waals surface area contributed by atoms with Crippen molar-refractivity contribution in [3.05, 3.63) is 18.0 Å². The zero-order valence-electron chi connectivity index (χ0n) is 18.7. The van der Waals surface area contributed by atoms with Crippen molar-refractivity contribution in [3.8, 4) is 6.07 Å². The third-order valence-corrected chi connectivity index (χ3v) is 8.95. The molecular formula is C25H36FN3O2. The van der Waals surface area contributed by atoms with Crippen LogP contribution in [0.15, 0.2) is 12.4 Å². The number of alkyl halides is 1. The minimum atomic E-state index is -1.11. The maximum absolute atomic E-state index is 13.4. The maximum atomic E-state index is 13.4. The molecule has 3 fully saturated rings. The standard InChI is InChI=1S/C25H36FN3O2/c1-24-12-9-19-5-4-11-25(31,17-26)10-3-2-6-20(19)21(24)7-8-22(24)23(30)16-29-15-18(13-27)14-28-29/h14-15,19-22,31H,2-12,16-17H2,1H3. The van der Waals surface area contributed by atoms with Crippen molar-refractivity contribution in [3.63, 3.8) is 0 Å². The van der Waals surface area contributed by atoms with E-state index in [9.17, 15) is 14.3 Å². The van der Waals surface area contributed by atoms with Crippen LogP contribution in [-0.2, 0) is 11.3 Å². The van der Waals surface area contributed by atoms with Crippen LogP contribution in [0.25, 0.3) is 0 Å². The maximum Gasteiger partial charge on any atom is 0.157 e. The molecule has 1 N–H and O–H groups in total. The molecule has 0 radical (unpaired) electrons. The molecule has 6 atom stereocenters. The quantitative estimate of drug-likeness (QED) is 0.744. The average molecular weight is 430 g/mol. The summed E-state index contributed by atoms with van der Waals surface area (Å²) >= 11 is 0. The molecule has 0 aromatic carbocycles. The Bertz CT molecular complexity index is 833. The number of carbonyl (C=O) groups excluding carboxylic acids is 1. The van der Waals surface area contributed by atoms with E-state index in [2.05, 4.69) is 18.1 Å². The van der Waals surface area contributed by atoms with E-state index in [1.54, 1.807) is 10.9 Å². The van der Waals surface area contributed by atoms with E-state index < -0.39 is 12.3 Å². The SMILES string of the molecule is CC12CCC3CCCC(O)(CF)CCCCC3C1CCC2C(=O)Cn1cc(C#N)cn1. The van der Waals surface area contributed by atoms with Crippen molar-refractivity contribution in [1.29, 1.82) is 5.26 Å². The predicted octanol–water partition coefficient (Wildman–Crippen LogP) is 4.83. The molecule has 1 aromatic rings. The summed E-state index contributed by atoms with van der Waals surface area (Å²) in [4.78, 5) is 13.3. The van der Waals surface area contributed by atoms with E-state index in [0.29, 0.717) is 36.2 Å². The first kappa shape index (κ1) is 22.5. The van der Waals surface area contributed by atoms with Crippen LogP contribution in [0, 0.1) is 40.4 Å². The fourth-order valence-electron chi connectivity index (χ4n) is 7.25. The minimum absolute atomic E-state index is 0.0489. The number of carbonyl (C=O) groups is 1. The Morgan fingerprint density at radius 1 is 1.23 bits per heavy atom. The molecule has 0 saturated heterocycles. The van der Waals surface area contributed by atoms with Crippen molar-refractivity contribution in [2.24, 2.45) is 29.1 Å². The number of nitrogens with zero attached hydrogens (tertiary/aromatic N) is 3. The molecule has 5 nitrogen and oxygen atoms in total. The normalized spacial score (nSPS) is 38.6. The van der Waals surface area contributed by atoms with Gasteiger partial charge in [-0.3, -0.25) is 9.48 Å². The summed E-state index contributed by atoms with van der Waals surface area (Å²) in [6.45, 7) is 1.97. The Morgan fingerprint density at radius 3 is 2.77 bits per heavy atom. The summed E-state index contributed by atoms with van der Waals surface area (Å²) in [5.41, 5.74) is -0.573. The Balaban J connectivity index is 1.45. The number of rotatable bonds is 4. The van der Waals surface area contributed by atoms with Gasteiger partial charge in [-0.1, -0.05) is 32.6 Å². The van der Waals surface area contributed by atoms with Gasteiger partial charge in [0.2, 0.25) is 0 Å². The average Bonchev–Trinajstić information content (AvgIpc) is 3.36. The fraction of sp³-hybridized carbons (Fsp3) is 0.800. The first-order valence-electron chi connectivity index (χ1n) is 12.1. The Hall–Kier alpha value is -1.74. The summed E-state index contributed by atoms with van der Waals surface area (Å²) in [7, 11) is 0. The molecule has 6 heteroatoms. The smallest absolute Gasteiger partial charge is 0.157 e. The van der Waals surface area contributed by atoms with Crippen molar-refractivity contribution in [1.82, 2.24) is 9.78 Å². The second-order valence-corrected chi connectivity index (χ2v) is 10.7. The molecule has 0 bridgehead atoms. The lowest BCUT2D eigenvalue weighted by Crippen LogP contribution is -2.44. The van der Waals surface area contributed by atoms with Crippen LogP contribution in [0.1, 0.15) is 83.1 Å². The molecule has 3 saturated carbocycles. The van der Waals surface area contributed by atoms with Crippen LogP contribution >= 0.6 is 0 Å². The molecule has 4 rings (SSSR count). The Morgan fingerprint density at radius 2 is 2.03 bits per heavy atom. The third-order valence-electron chi connectivity index (χ3n) is 8.95. The van der Waals surface area contributed by atoms with Gasteiger partial charge in [0.05, 0.1) is 23.9 Å². The van der Waals surface area contributed by atoms with Gasteiger partial charge in [0.25, 0.3) is 0 Å². The monoisotopic (exact) mass is 429 g/mol. The summed E-state index contributed by atoms with van der Waals surface area (Å²) in [6, 6.07) is 2.07. The van der Waals surface area contributed by atoms with Gasteiger partial charge >= 0.3 is 0 Å². The third kappa shape index (κ3) is 4.44. The number of fused-ring (bicyclic) bond motifs is 3. The number of aliphatic hydroxyl groups is 1. The molecule has 31 heavy (non-hydrogen) atoms. The predicted molar refractivity (Wildman–Crippen MR) is 116 cm³/mol. The van der Waals surface area contributed by atoms with Gasteiger partial charge in [0.15, 0.2) is 5.78 Å². The number of hydrogen-bond acceptors (Lipinski definition) is 4. The second-order valence-electron chi connectivity index (χ2n) is 10.7. The van der Waals surface area contributed by atoms with Gasteiger partial charge in [-0.2, -0.15) is 10.4 Å². The number of halogens is 1. The molecule has 0 amide bonds. The lowest BCUT2D eigenvalue weighted by atomic mass is 9.55. The first-order valence-corrected chi connectivity index (χ1v) is 12.1. The van der Waals surface area contributed by atoms with Crippen LogP contribution in [0.4, 0.5) is 4.39 Å². The van der Waals surface area contributed by atoms with Crippen LogP contribution in [0.2, 0.25) is 0 Å². The number of aromatic nitrogens is 2. The Kier molecular flexibility index (Phi) is 6.53. The number of nitriles is 1. The van der Waals surface area contributed by atoms with Gasteiger partial charge < -0.3 is 5.11 Å². The molecular weight excluding hydrogens is 393 g/mol. The van der Waals surface area contributed by atoms with E-state index in [-0.39, 0.29) is 23.7 Å². The lowest BCUT2D eigenvalue weighted by Gasteiger charge is -2.49.